The highest BCUT2D eigenvalue weighted by molar-refractivity contribution is 6.20. The lowest BCUT2D eigenvalue weighted by atomic mass is 10.1. The summed E-state index contributed by atoms with van der Waals surface area (Å²) in [5.41, 5.74) is 5.28. The lowest BCUT2D eigenvalue weighted by Gasteiger charge is -2.14. The van der Waals surface area contributed by atoms with E-state index in [2.05, 4.69) is 91.0 Å². The molecule has 5 N–H and O–H groups in total. The second-order valence-electron chi connectivity index (χ2n) is 8.17. The zero-order chi connectivity index (χ0) is 24.5. The SMILES string of the molecule is C=C.C=C(CCCCNC1=C(C(=C)NCCCCC)NC(Cl)N1)NCCc1cccc(C)c1. The van der Waals surface area contributed by atoms with Crippen LogP contribution in [0.5, 0.6) is 0 Å². The molecule has 5 nitrogen and oxygen atoms in total. The number of aryl methyl sites for hydroxylation is 1. The highest BCUT2D eigenvalue weighted by atomic mass is 35.5. The molecular weight excluding hydrogens is 430 g/mol. The van der Waals surface area contributed by atoms with Gasteiger partial charge in [0.25, 0.3) is 0 Å². The number of rotatable bonds is 16. The van der Waals surface area contributed by atoms with Gasteiger partial charge in [0.05, 0.1) is 5.70 Å². The molecule has 1 aliphatic heterocycles. The number of benzene rings is 1. The van der Waals surface area contributed by atoms with Crippen molar-refractivity contribution < 1.29 is 0 Å². The zero-order valence-corrected chi connectivity index (χ0v) is 21.4. The van der Waals surface area contributed by atoms with Gasteiger partial charge in [0.2, 0.25) is 0 Å². The summed E-state index contributed by atoms with van der Waals surface area (Å²) in [5.74, 6) is 0.920. The van der Waals surface area contributed by atoms with E-state index >= 15 is 0 Å². The highest BCUT2D eigenvalue weighted by Gasteiger charge is 2.22. The molecule has 1 unspecified atom stereocenters. The van der Waals surface area contributed by atoms with Crippen molar-refractivity contribution in [2.45, 2.75) is 64.4 Å². The molecule has 33 heavy (non-hydrogen) atoms. The van der Waals surface area contributed by atoms with E-state index in [-0.39, 0.29) is 5.62 Å². The maximum Gasteiger partial charge on any atom is 0.176 e. The molecule has 1 aromatic rings. The van der Waals surface area contributed by atoms with Gasteiger partial charge in [-0.15, -0.1) is 13.2 Å². The molecule has 1 atom stereocenters. The van der Waals surface area contributed by atoms with Crippen molar-refractivity contribution in [3.8, 4) is 0 Å². The van der Waals surface area contributed by atoms with Crippen molar-refractivity contribution in [1.82, 2.24) is 26.6 Å². The first-order chi connectivity index (χ1) is 16.0. The fraction of sp³-hybridized carbons (Fsp3) is 0.481. The lowest BCUT2D eigenvalue weighted by Crippen LogP contribution is -2.30. The van der Waals surface area contributed by atoms with E-state index in [1.54, 1.807) is 0 Å². The third kappa shape index (κ3) is 11.8. The molecule has 0 amide bonds. The van der Waals surface area contributed by atoms with Crippen LogP contribution in [0.25, 0.3) is 0 Å². The first-order valence-electron chi connectivity index (χ1n) is 12.0. The van der Waals surface area contributed by atoms with Crippen LogP contribution in [0, 0.1) is 6.92 Å². The number of hydrogen-bond donors (Lipinski definition) is 5. The van der Waals surface area contributed by atoms with Crippen LogP contribution >= 0.6 is 11.6 Å². The molecule has 184 valence electrons. The van der Waals surface area contributed by atoms with Crippen molar-refractivity contribution in [1.29, 1.82) is 0 Å². The number of allylic oxidation sites excluding steroid dienone is 1. The van der Waals surface area contributed by atoms with Crippen LogP contribution in [0.1, 0.15) is 56.6 Å². The fourth-order valence-electron chi connectivity index (χ4n) is 3.53. The van der Waals surface area contributed by atoms with Crippen LogP contribution in [0.4, 0.5) is 0 Å². The van der Waals surface area contributed by atoms with Gasteiger partial charge in [-0.25, -0.2) is 0 Å². The van der Waals surface area contributed by atoms with Crippen LogP contribution < -0.4 is 26.6 Å². The molecule has 6 heteroatoms. The minimum atomic E-state index is -0.316. The summed E-state index contributed by atoms with van der Waals surface area (Å²) < 4.78 is 0. The molecule has 0 bridgehead atoms. The summed E-state index contributed by atoms with van der Waals surface area (Å²) in [7, 11) is 0. The number of halogens is 1. The van der Waals surface area contributed by atoms with Crippen molar-refractivity contribution in [3.63, 3.8) is 0 Å². The predicted octanol–water partition coefficient (Wildman–Crippen LogP) is 5.38. The molecule has 0 saturated carbocycles. The van der Waals surface area contributed by atoms with Gasteiger partial charge in [0, 0.05) is 25.3 Å². The number of nitrogens with one attached hydrogen (secondary N) is 5. The van der Waals surface area contributed by atoms with Crippen molar-refractivity contribution in [2.24, 2.45) is 0 Å². The molecule has 1 aromatic carbocycles. The Kier molecular flexibility index (Phi) is 14.7. The summed E-state index contributed by atoms with van der Waals surface area (Å²) >= 11 is 6.22. The molecule has 1 aliphatic rings. The van der Waals surface area contributed by atoms with Gasteiger partial charge in [0.1, 0.15) is 11.5 Å². The van der Waals surface area contributed by atoms with Gasteiger partial charge >= 0.3 is 0 Å². The number of alkyl halides is 1. The van der Waals surface area contributed by atoms with Crippen molar-refractivity contribution in [3.05, 3.63) is 84.6 Å². The Hall–Kier alpha value is -2.53. The summed E-state index contributed by atoms with van der Waals surface area (Å²) in [5, 5.41) is 16.8. The summed E-state index contributed by atoms with van der Waals surface area (Å²) in [6, 6.07) is 8.67. The average Bonchev–Trinajstić information content (AvgIpc) is 3.18. The molecule has 0 spiro atoms. The minimum Gasteiger partial charge on any atom is -0.388 e. The Morgan fingerprint density at radius 1 is 1.00 bits per heavy atom. The fourth-order valence-corrected chi connectivity index (χ4v) is 3.75. The standard InChI is InChI=1S/C25H40ClN5.C2H4/c1-5-6-8-15-28-21(4)23-24(31-25(26)30-23)29-16-9-7-12-20(3)27-17-14-22-13-10-11-19(2)18-22;1-2/h10-11,13,18,25,27-31H,3-9,12,14-17H2,1-2H3;1-2H2. The molecule has 0 radical (unpaired) electrons. The monoisotopic (exact) mass is 473 g/mol. The topological polar surface area (TPSA) is 60.1 Å². The van der Waals surface area contributed by atoms with E-state index in [1.165, 1.54) is 24.0 Å². The third-order valence-electron chi connectivity index (χ3n) is 5.29. The van der Waals surface area contributed by atoms with Gasteiger partial charge in [-0.3, -0.25) is 0 Å². The summed E-state index contributed by atoms with van der Waals surface area (Å²) in [6.07, 6.45) is 7.72. The maximum absolute atomic E-state index is 6.22. The van der Waals surface area contributed by atoms with Gasteiger partial charge in [0.15, 0.2) is 5.62 Å². The second kappa shape index (κ2) is 17.0. The van der Waals surface area contributed by atoms with E-state index < -0.39 is 0 Å². The number of unbranched alkanes of at least 4 members (excludes halogenated alkanes) is 3. The molecule has 0 fully saturated rings. The van der Waals surface area contributed by atoms with Gasteiger partial charge in [-0.1, -0.05) is 74.4 Å². The highest BCUT2D eigenvalue weighted by Crippen LogP contribution is 2.14. The third-order valence-corrected chi connectivity index (χ3v) is 5.51. The summed E-state index contributed by atoms with van der Waals surface area (Å²) in [6.45, 7) is 21.4. The van der Waals surface area contributed by atoms with Crippen LogP contribution in [0.15, 0.2) is 73.5 Å². The molecule has 0 aliphatic carbocycles. The molecular formula is C27H44ClN5. The van der Waals surface area contributed by atoms with E-state index in [9.17, 15) is 0 Å². The van der Waals surface area contributed by atoms with Crippen LogP contribution in [-0.2, 0) is 6.42 Å². The largest absolute Gasteiger partial charge is 0.388 e. The maximum atomic E-state index is 6.22. The number of hydrogen-bond acceptors (Lipinski definition) is 5. The smallest absolute Gasteiger partial charge is 0.176 e. The Bertz CT molecular complexity index is 759. The van der Waals surface area contributed by atoms with Crippen LogP contribution in [0.3, 0.4) is 0 Å². The van der Waals surface area contributed by atoms with Crippen molar-refractivity contribution in [2.75, 3.05) is 19.6 Å². The Labute approximate surface area is 206 Å². The first kappa shape index (κ1) is 28.5. The Morgan fingerprint density at radius 3 is 2.48 bits per heavy atom. The normalized spacial score (nSPS) is 14.5. The van der Waals surface area contributed by atoms with E-state index in [0.29, 0.717) is 0 Å². The van der Waals surface area contributed by atoms with Gasteiger partial charge in [-0.05, 0) is 44.6 Å². The van der Waals surface area contributed by atoms with E-state index in [4.69, 9.17) is 11.6 Å². The van der Waals surface area contributed by atoms with E-state index in [0.717, 1.165) is 74.7 Å². The lowest BCUT2D eigenvalue weighted by molar-refractivity contribution is 0.621. The average molecular weight is 474 g/mol. The van der Waals surface area contributed by atoms with E-state index in [1.807, 2.05) is 0 Å². The predicted molar refractivity (Wildman–Crippen MR) is 145 cm³/mol. The van der Waals surface area contributed by atoms with Crippen LogP contribution in [-0.4, -0.2) is 25.3 Å². The second-order valence-corrected chi connectivity index (χ2v) is 8.60. The van der Waals surface area contributed by atoms with Crippen molar-refractivity contribution >= 4 is 11.6 Å². The Morgan fingerprint density at radius 2 is 1.76 bits per heavy atom. The molecule has 0 saturated heterocycles. The van der Waals surface area contributed by atoms with Gasteiger partial charge < -0.3 is 26.6 Å². The zero-order valence-electron chi connectivity index (χ0n) is 20.7. The molecule has 0 aromatic heterocycles. The minimum absolute atomic E-state index is 0.316. The summed E-state index contributed by atoms with van der Waals surface area (Å²) in [4.78, 5) is 0. The Balaban J connectivity index is 0.00000265. The van der Waals surface area contributed by atoms with Gasteiger partial charge in [-0.2, -0.15) is 0 Å². The molecule has 2 rings (SSSR count). The molecule has 1 heterocycles. The quantitative estimate of drug-likeness (QED) is 0.0965. The van der Waals surface area contributed by atoms with Crippen LogP contribution in [0.2, 0.25) is 0 Å². The first-order valence-corrected chi connectivity index (χ1v) is 12.5.